The molecule has 168 valence electrons. The first-order valence-corrected chi connectivity index (χ1v) is 15.8. The molecular weight excluding hydrogens is 455 g/mol. The van der Waals surface area contributed by atoms with Crippen LogP contribution in [0.15, 0.2) is 60.7 Å². The number of nitrogens with one attached hydrogen (secondary N) is 1. The summed E-state index contributed by atoms with van der Waals surface area (Å²) < 4.78 is 6.38. The average Bonchev–Trinajstić information content (AvgIpc) is 2.96. The lowest BCUT2D eigenvalue weighted by atomic mass is 9.77. The molecule has 2 aromatic rings. The summed E-state index contributed by atoms with van der Waals surface area (Å²) in [6.45, 7) is 8.56. The van der Waals surface area contributed by atoms with Crippen LogP contribution in [0.25, 0.3) is 12.2 Å². The van der Waals surface area contributed by atoms with Gasteiger partial charge in [0.05, 0.1) is 23.0 Å². The molecule has 0 saturated heterocycles. The first-order chi connectivity index (χ1) is 15.4. The lowest BCUT2D eigenvalue weighted by Gasteiger charge is -2.46. The normalized spacial score (nSPS) is 28.7. The van der Waals surface area contributed by atoms with E-state index >= 15 is 0 Å². The molecule has 0 spiro atoms. The van der Waals surface area contributed by atoms with Gasteiger partial charge in [-0.15, -0.1) is 11.4 Å². The Kier molecular flexibility index (Phi) is 6.15. The van der Waals surface area contributed by atoms with Gasteiger partial charge in [-0.25, -0.2) is 4.79 Å². The Balaban J connectivity index is 1.42. The predicted octanol–water partition coefficient (Wildman–Crippen LogP) is 6.97. The van der Waals surface area contributed by atoms with Gasteiger partial charge in [0.15, 0.2) is 0 Å². The molecular formula is C25H29N2O2PS2. The number of urea groups is 1. The van der Waals surface area contributed by atoms with E-state index in [0.717, 1.165) is 53.0 Å². The van der Waals surface area contributed by atoms with Crippen LogP contribution < -0.4 is 9.99 Å². The Morgan fingerprint density at radius 1 is 1.19 bits per heavy atom. The van der Waals surface area contributed by atoms with Crippen LogP contribution in [-0.4, -0.2) is 16.9 Å². The number of benzene rings is 2. The molecule has 32 heavy (non-hydrogen) atoms. The van der Waals surface area contributed by atoms with Crippen molar-refractivity contribution in [1.29, 1.82) is 0 Å². The minimum Gasteiger partial charge on any atom is -0.316 e. The highest BCUT2D eigenvalue weighted by Gasteiger charge is 2.44. The fraction of sp³-hybridized carbons (Fsp3) is 0.320. The van der Waals surface area contributed by atoms with Gasteiger partial charge in [-0.2, -0.15) is 0 Å². The molecule has 1 fully saturated rings. The summed E-state index contributed by atoms with van der Waals surface area (Å²) in [5.74, 6) is 0.549. The quantitative estimate of drug-likeness (QED) is 0.275. The van der Waals surface area contributed by atoms with Gasteiger partial charge in [0.25, 0.3) is 0 Å². The number of para-hydroxylation sites is 2. The van der Waals surface area contributed by atoms with Crippen molar-refractivity contribution >= 4 is 58.2 Å². The number of carbonyl (C=O) groups excluding carboxylic acids is 1. The van der Waals surface area contributed by atoms with Crippen molar-refractivity contribution in [1.82, 2.24) is 5.09 Å². The monoisotopic (exact) mass is 484 g/mol. The van der Waals surface area contributed by atoms with Gasteiger partial charge in [0, 0.05) is 5.25 Å². The molecule has 2 aliphatic heterocycles. The average molecular weight is 485 g/mol. The molecule has 3 aliphatic rings. The van der Waals surface area contributed by atoms with Crippen molar-refractivity contribution in [3.05, 3.63) is 71.8 Å². The standard InChI is InChI=1S/C25H29N2O2PS2/c1-17(2)20-14-15-25(3)23(16-20)31-30(32-29-25)26-24(28)27-21-10-6-4-8-18(21)12-13-19-9-5-7-11-22(19)27/h4-13,20,23,30,32H,1,14-16H2,2-3H3,(H,26,28)/t20-,23+,25+/m0/s1. The summed E-state index contributed by atoms with van der Waals surface area (Å²) in [7, 11) is 0. The third-order valence-electron chi connectivity index (χ3n) is 6.67. The first-order valence-electron chi connectivity index (χ1n) is 11.0. The summed E-state index contributed by atoms with van der Waals surface area (Å²) in [5.41, 5.74) is 5.02. The first kappa shape index (κ1) is 22.1. The molecule has 2 aromatic carbocycles. The van der Waals surface area contributed by atoms with Gasteiger partial charge in [0.2, 0.25) is 0 Å². The number of amides is 2. The lowest BCUT2D eigenvalue weighted by Crippen LogP contribution is -2.46. The van der Waals surface area contributed by atoms with Gasteiger partial charge in [-0.1, -0.05) is 71.9 Å². The zero-order valence-electron chi connectivity index (χ0n) is 18.4. The Morgan fingerprint density at radius 3 is 2.44 bits per heavy atom. The maximum atomic E-state index is 13.7. The maximum Gasteiger partial charge on any atom is 0.330 e. The molecule has 1 N–H and O–H groups in total. The molecule has 2 heterocycles. The third kappa shape index (κ3) is 4.14. The minimum atomic E-state index is -1.29. The number of carbonyl (C=O) groups is 1. The number of rotatable bonds is 2. The highest BCUT2D eigenvalue weighted by atomic mass is 32.9. The summed E-state index contributed by atoms with van der Waals surface area (Å²) in [6, 6.07) is 14.7. The van der Waals surface area contributed by atoms with E-state index in [1.165, 1.54) is 5.57 Å². The van der Waals surface area contributed by atoms with Crippen molar-refractivity contribution in [2.45, 2.75) is 44.0 Å². The van der Waals surface area contributed by atoms with Crippen LogP contribution in [0.5, 0.6) is 0 Å². The van der Waals surface area contributed by atoms with Crippen LogP contribution in [0.4, 0.5) is 16.2 Å². The number of nitrogens with zero attached hydrogens (tertiary/aromatic N) is 1. The second-order valence-corrected chi connectivity index (χ2v) is 15.7. The second-order valence-electron chi connectivity index (χ2n) is 8.94. The summed E-state index contributed by atoms with van der Waals surface area (Å²) in [5, 5.41) is 3.74. The highest BCUT2D eigenvalue weighted by molar-refractivity contribution is 8.66. The molecule has 1 aliphatic carbocycles. The van der Waals surface area contributed by atoms with Gasteiger partial charge < -0.3 is 9.27 Å². The van der Waals surface area contributed by atoms with E-state index in [2.05, 4.69) is 37.7 Å². The molecule has 0 bridgehead atoms. The van der Waals surface area contributed by atoms with Crippen molar-refractivity contribution in [2.75, 3.05) is 4.90 Å². The smallest absolute Gasteiger partial charge is 0.316 e. The largest absolute Gasteiger partial charge is 0.330 e. The molecule has 4 atom stereocenters. The molecule has 0 radical (unpaired) electrons. The van der Waals surface area contributed by atoms with Crippen molar-refractivity contribution in [3.63, 3.8) is 0 Å². The van der Waals surface area contributed by atoms with Crippen molar-refractivity contribution in [2.24, 2.45) is 5.92 Å². The number of anilines is 2. The molecule has 4 nitrogen and oxygen atoms in total. The number of allylic oxidation sites excluding steroid dienone is 1. The fourth-order valence-corrected chi connectivity index (χ4v) is 12.3. The van der Waals surface area contributed by atoms with Crippen LogP contribution in [0, 0.1) is 5.92 Å². The zero-order chi connectivity index (χ0) is 22.3. The Labute approximate surface area is 198 Å². The number of hydrogen-bond acceptors (Lipinski definition) is 3. The van der Waals surface area contributed by atoms with Gasteiger partial charge in [-0.05, 0) is 62.3 Å². The van der Waals surface area contributed by atoms with Crippen LogP contribution in [0.2, 0.25) is 0 Å². The highest BCUT2D eigenvalue weighted by Crippen LogP contribution is 2.55. The Morgan fingerprint density at radius 2 is 1.81 bits per heavy atom. The van der Waals surface area contributed by atoms with Gasteiger partial charge >= 0.3 is 6.03 Å². The Hall–Kier alpha value is -1.72. The summed E-state index contributed by atoms with van der Waals surface area (Å²) >= 11 is 2.86. The van der Waals surface area contributed by atoms with Crippen molar-refractivity contribution in [3.8, 4) is 0 Å². The minimum absolute atomic E-state index is 0.0815. The van der Waals surface area contributed by atoms with E-state index < -0.39 is 6.05 Å². The van der Waals surface area contributed by atoms with E-state index in [0.29, 0.717) is 11.2 Å². The van der Waals surface area contributed by atoms with Gasteiger partial charge in [-0.3, -0.25) is 4.90 Å². The number of fused-ring (bicyclic) bond motifs is 3. The number of thiol groups is 1. The zero-order valence-corrected chi connectivity index (χ0v) is 21.1. The topological polar surface area (TPSA) is 41.6 Å². The number of hydrogen-bond donors (Lipinski definition) is 2. The van der Waals surface area contributed by atoms with E-state index in [1.54, 1.807) is 0 Å². The lowest BCUT2D eigenvalue weighted by molar-refractivity contribution is 0.0672. The fourth-order valence-electron chi connectivity index (χ4n) is 4.67. The molecule has 5 rings (SSSR count). The maximum absolute atomic E-state index is 13.7. The third-order valence-corrected chi connectivity index (χ3v) is 13.5. The van der Waals surface area contributed by atoms with Crippen LogP contribution in [0.1, 0.15) is 44.2 Å². The van der Waals surface area contributed by atoms with Crippen LogP contribution in [0.3, 0.4) is 0 Å². The van der Waals surface area contributed by atoms with Gasteiger partial charge in [0.1, 0.15) is 0 Å². The predicted molar refractivity (Wildman–Crippen MR) is 143 cm³/mol. The molecule has 2 amide bonds. The van der Waals surface area contributed by atoms with E-state index in [1.807, 2.05) is 64.8 Å². The van der Waals surface area contributed by atoms with E-state index in [9.17, 15) is 4.79 Å². The molecule has 1 unspecified atom stereocenters. The van der Waals surface area contributed by atoms with E-state index in [-0.39, 0.29) is 11.6 Å². The summed E-state index contributed by atoms with van der Waals surface area (Å²) in [6.07, 6.45) is 7.43. The Bertz CT molecular complexity index is 1100. The second kappa shape index (κ2) is 8.90. The van der Waals surface area contributed by atoms with Crippen LogP contribution in [-0.2, 0) is 15.4 Å². The van der Waals surface area contributed by atoms with Crippen molar-refractivity contribution < 1.29 is 8.98 Å². The molecule has 7 heteroatoms. The SMILES string of the molecule is C=C(C)[C@H]1CC[C@@]2(C)O[SH]=[PH](NC(=O)N3c4ccccc4C=Cc4ccccc43)S[C@@H]2C1. The molecule has 1 saturated carbocycles. The van der Waals surface area contributed by atoms with E-state index in [4.69, 9.17) is 4.18 Å². The molecule has 0 aromatic heterocycles. The summed E-state index contributed by atoms with van der Waals surface area (Å²) in [4.78, 5) is 15.5. The van der Waals surface area contributed by atoms with Crippen LogP contribution >= 0.6 is 17.4 Å².